The van der Waals surface area contributed by atoms with Crippen LogP contribution in [0.1, 0.15) is 24.4 Å². The quantitative estimate of drug-likeness (QED) is 0.730. The fourth-order valence-corrected chi connectivity index (χ4v) is 3.58. The summed E-state index contributed by atoms with van der Waals surface area (Å²) in [6, 6.07) is 15.4. The molecule has 0 bridgehead atoms. The van der Waals surface area contributed by atoms with E-state index in [2.05, 4.69) is 4.98 Å². The number of aromatic nitrogens is 2. The Hall–Kier alpha value is -2.40. The molecule has 4 nitrogen and oxygen atoms in total. The van der Waals surface area contributed by atoms with Gasteiger partial charge in [-0.15, -0.1) is 0 Å². The molecule has 3 aromatic rings. The Labute approximate surface area is 144 Å². The molecule has 24 heavy (non-hydrogen) atoms. The zero-order valence-corrected chi connectivity index (χ0v) is 14.2. The van der Waals surface area contributed by atoms with Crippen molar-refractivity contribution in [3.05, 3.63) is 69.2 Å². The number of methoxy groups -OCH3 is 1. The molecule has 1 heterocycles. The van der Waals surface area contributed by atoms with Gasteiger partial charge in [0.1, 0.15) is 5.75 Å². The molecule has 5 heteroatoms. The topological polar surface area (TPSA) is 47.0 Å². The zero-order valence-electron chi connectivity index (χ0n) is 13.4. The van der Waals surface area contributed by atoms with Crippen LogP contribution in [0, 0.1) is 10.7 Å². The number of nitrogens with one attached hydrogen (secondary N) is 1. The minimum Gasteiger partial charge on any atom is -0.497 e. The fraction of sp³-hybridized carbons (Fsp3) is 0.263. The van der Waals surface area contributed by atoms with E-state index >= 15 is 0 Å². The summed E-state index contributed by atoms with van der Waals surface area (Å²) in [7, 11) is 1.65. The molecule has 0 radical (unpaired) electrons. The van der Waals surface area contributed by atoms with Crippen LogP contribution < -0.4 is 10.3 Å². The smallest absolute Gasteiger partial charge is 0.262 e. The van der Waals surface area contributed by atoms with Crippen LogP contribution in [0.4, 0.5) is 0 Å². The molecule has 122 valence electrons. The van der Waals surface area contributed by atoms with Crippen molar-refractivity contribution >= 4 is 23.1 Å². The number of hydrogen-bond donors (Lipinski definition) is 1. The predicted molar refractivity (Wildman–Crippen MR) is 97.2 cm³/mol. The van der Waals surface area contributed by atoms with Gasteiger partial charge >= 0.3 is 0 Å². The van der Waals surface area contributed by atoms with Crippen LogP contribution in [0.2, 0.25) is 0 Å². The molecule has 1 fully saturated rings. The van der Waals surface area contributed by atoms with E-state index in [9.17, 15) is 4.79 Å². The van der Waals surface area contributed by atoms with Gasteiger partial charge in [0.05, 0.1) is 24.1 Å². The highest BCUT2D eigenvalue weighted by atomic mass is 32.1. The number of H-pyrrole nitrogens is 1. The van der Waals surface area contributed by atoms with Gasteiger partial charge in [-0.25, -0.2) is 0 Å². The maximum Gasteiger partial charge on any atom is 0.262 e. The molecule has 1 saturated carbocycles. The van der Waals surface area contributed by atoms with Gasteiger partial charge in [0.2, 0.25) is 0 Å². The summed E-state index contributed by atoms with van der Waals surface area (Å²) < 4.78 is 7.47. The molecular formula is C19H18N2O2S. The average molecular weight is 338 g/mol. The molecule has 1 N–H and O–H groups in total. The molecule has 1 aromatic heterocycles. The van der Waals surface area contributed by atoms with Gasteiger partial charge in [-0.05, 0) is 60.8 Å². The van der Waals surface area contributed by atoms with Crippen molar-refractivity contribution in [2.24, 2.45) is 5.92 Å². The van der Waals surface area contributed by atoms with Gasteiger partial charge < -0.3 is 9.72 Å². The van der Waals surface area contributed by atoms with E-state index in [-0.39, 0.29) is 11.6 Å². The molecule has 0 amide bonds. The van der Waals surface area contributed by atoms with Crippen LogP contribution in [-0.4, -0.2) is 16.7 Å². The predicted octanol–water partition coefficient (Wildman–Crippen LogP) is 4.07. The first-order chi connectivity index (χ1) is 11.7. The largest absolute Gasteiger partial charge is 0.497 e. The third-order valence-electron chi connectivity index (χ3n) is 4.64. The van der Waals surface area contributed by atoms with Crippen LogP contribution in [0.3, 0.4) is 0 Å². The number of nitrogens with zero attached hydrogens (tertiary/aromatic N) is 1. The molecule has 0 saturated heterocycles. The van der Waals surface area contributed by atoms with Gasteiger partial charge in [-0.1, -0.05) is 24.3 Å². The molecule has 1 atom stereocenters. The van der Waals surface area contributed by atoms with Gasteiger partial charge in [-0.2, -0.15) is 0 Å². The lowest BCUT2D eigenvalue weighted by molar-refractivity contribution is 0.414. The zero-order chi connectivity index (χ0) is 16.7. The highest BCUT2D eigenvalue weighted by Crippen LogP contribution is 2.43. The van der Waals surface area contributed by atoms with Crippen molar-refractivity contribution in [3.63, 3.8) is 0 Å². The van der Waals surface area contributed by atoms with E-state index in [0.717, 1.165) is 29.7 Å². The van der Waals surface area contributed by atoms with E-state index < -0.39 is 0 Å². The van der Waals surface area contributed by atoms with E-state index in [1.54, 1.807) is 11.7 Å². The minimum atomic E-state index is -0.0308. The Bertz CT molecular complexity index is 1000. The summed E-state index contributed by atoms with van der Waals surface area (Å²) in [5, 5.41) is 0.672. The number of aromatic amines is 1. The van der Waals surface area contributed by atoms with E-state index in [0.29, 0.717) is 16.1 Å². The van der Waals surface area contributed by atoms with Crippen LogP contribution in [0.25, 0.3) is 10.9 Å². The summed E-state index contributed by atoms with van der Waals surface area (Å²) in [6.45, 7) is 0. The fourth-order valence-electron chi connectivity index (χ4n) is 3.27. The van der Waals surface area contributed by atoms with Crippen LogP contribution >= 0.6 is 12.2 Å². The van der Waals surface area contributed by atoms with Crippen molar-refractivity contribution in [1.29, 1.82) is 0 Å². The summed E-state index contributed by atoms with van der Waals surface area (Å²) in [6.07, 6.45) is 2.23. The van der Waals surface area contributed by atoms with Crippen LogP contribution in [-0.2, 0) is 0 Å². The summed E-state index contributed by atoms with van der Waals surface area (Å²) in [5.41, 5.74) is 1.85. The Morgan fingerprint density at radius 1 is 1.17 bits per heavy atom. The van der Waals surface area contributed by atoms with Crippen molar-refractivity contribution in [2.45, 2.75) is 18.9 Å². The van der Waals surface area contributed by atoms with E-state index in [4.69, 9.17) is 17.0 Å². The highest BCUT2D eigenvalue weighted by molar-refractivity contribution is 7.71. The molecule has 0 spiro atoms. The molecule has 1 unspecified atom stereocenters. The molecule has 1 aliphatic carbocycles. The monoisotopic (exact) mass is 338 g/mol. The Morgan fingerprint density at radius 3 is 2.54 bits per heavy atom. The minimum absolute atomic E-state index is 0.0259. The molecule has 0 aliphatic heterocycles. The SMILES string of the molecule is COc1ccc(C(C2CC2)n2c(=S)[nH]c3ccccc3c2=O)cc1. The Balaban J connectivity index is 1.92. The lowest BCUT2D eigenvalue weighted by atomic mass is 10.0. The van der Waals surface area contributed by atoms with Gasteiger partial charge in [-0.3, -0.25) is 9.36 Å². The highest BCUT2D eigenvalue weighted by Gasteiger charge is 2.35. The molecule has 2 aromatic carbocycles. The number of ether oxygens (including phenoxy) is 1. The molecule has 4 rings (SSSR count). The average Bonchev–Trinajstić information content (AvgIpc) is 3.43. The lowest BCUT2D eigenvalue weighted by Gasteiger charge is -2.21. The van der Waals surface area contributed by atoms with Crippen LogP contribution in [0.15, 0.2) is 53.3 Å². The van der Waals surface area contributed by atoms with Gasteiger partial charge in [0.25, 0.3) is 5.56 Å². The molecule has 1 aliphatic rings. The van der Waals surface area contributed by atoms with Crippen molar-refractivity contribution in [2.75, 3.05) is 7.11 Å². The summed E-state index contributed by atoms with van der Waals surface area (Å²) in [5.74, 6) is 1.26. The van der Waals surface area contributed by atoms with Crippen molar-refractivity contribution in [1.82, 2.24) is 9.55 Å². The lowest BCUT2D eigenvalue weighted by Crippen LogP contribution is -2.28. The number of hydrogen-bond acceptors (Lipinski definition) is 3. The first-order valence-electron chi connectivity index (χ1n) is 8.06. The Morgan fingerprint density at radius 2 is 1.88 bits per heavy atom. The van der Waals surface area contributed by atoms with Gasteiger partial charge in [0.15, 0.2) is 4.77 Å². The second-order valence-electron chi connectivity index (χ2n) is 6.21. The summed E-state index contributed by atoms with van der Waals surface area (Å²) in [4.78, 5) is 16.3. The molecular weight excluding hydrogens is 320 g/mol. The maximum atomic E-state index is 13.1. The normalized spacial score (nSPS) is 15.4. The van der Waals surface area contributed by atoms with E-state index in [1.165, 1.54) is 0 Å². The van der Waals surface area contributed by atoms with Crippen molar-refractivity contribution < 1.29 is 4.74 Å². The number of fused-ring (bicyclic) bond motifs is 1. The number of rotatable bonds is 4. The van der Waals surface area contributed by atoms with Crippen molar-refractivity contribution in [3.8, 4) is 5.75 Å². The van der Waals surface area contributed by atoms with E-state index in [1.807, 2.05) is 48.5 Å². The Kier molecular flexibility index (Phi) is 3.73. The maximum absolute atomic E-state index is 13.1. The second-order valence-corrected chi connectivity index (χ2v) is 6.59. The third kappa shape index (κ3) is 2.55. The standard InChI is InChI=1S/C19H18N2O2S/c1-23-14-10-8-13(9-11-14)17(12-6-7-12)21-18(22)15-4-2-3-5-16(15)20-19(21)24/h2-5,8-12,17H,6-7H2,1H3,(H,20,24). The first kappa shape index (κ1) is 15.1. The van der Waals surface area contributed by atoms with Gasteiger partial charge in [0, 0.05) is 0 Å². The third-order valence-corrected chi connectivity index (χ3v) is 4.94. The van der Waals surface area contributed by atoms with Crippen LogP contribution in [0.5, 0.6) is 5.75 Å². The number of benzene rings is 2. The second kappa shape index (κ2) is 5.91. The first-order valence-corrected chi connectivity index (χ1v) is 8.47. The summed E-state index contributed by atoms with van der Waals surface area (Å²) >= 11 is 5.52. The number of para-hydroxylation sites is 1.